The van der Waals surface area contributed by atoms with Crippen LogP contribution in [0.25, 0.3) is 0 Å². The summed E-state index contributed by atoms with van der Waals surface area (Å²) in [5, 5.41) is 6.25. The maximum Gasteiger partial charge on any atom is 0.345 e. The van der Waals surface area contributed by atoms with Gasteiger partial charge in [0.2, 0.25) is 11.8 Å². The van der Waals surface area contributed by atoms with Crippen molar-refractivity contribution in [2.45, 2.75) is 20.3 Å². The van der Waals surface area contributed by atoms with E-state index in [1.54, 1.807) is 32.0 Å². The molecule has 0 aliphatic carbocycles. The molecule has 0 fully saturated rings. The molecular formula is C17H20N2O6. The van der Waals surface area contributed by atoms with Crippen LogP contribution in [0, 0.1) is 6.92 Å². The number of hydrogen-bond donors (Lipinski definition) is 1. The Labute approximate surface area is 145 Å². The maximum atomic E-state index is 12.3. The number of ether oxygens (including phenoxy) is 3. The largest absolute Gasteiger partial charge is 0.493 e. The molecule has 0 spiro atoms. The Morgan fingerprint density at radius 1 is 1.20 bits per heavy atom. The van der Waals surface area contributed by atoms with Gasteiger partial charge in [0, 0.05) is 0 Å². The summed E-state index contributed by atoms with van der Waals surface area (Å²) in [5.74, 6) is 0.107. The molecule has 0 saturated heterocycles. The van der Waals surface area contributed by atoms with E-state index >= 15 is 0 Å². The molecule has 2 rings (SSSR count). The van der Waals surface area contributed by atoms with Gasteiger partial charge in [0.05, 0.1) is 32.9 Å². The fourth-order valence-electron chi connectivity index (χ4n) is 2.25. The Bertz CT molecular complexity index is 768. The summed E-state index contributed by atoms with van der Waals surface area (Å²) in [4.78, 5) is 24.2. The molecular weight excluding hydrogens is 328 g/mol. The number of aryl methyl sites for hydroxylation is 1. The monoisotopic (exact) mass is 348 g/mol. The molecule has 0 unspecified atom stereocenters. The lowest BCUT2D eigenvalue weighted by Crippen LogP contribution is -2.17. The Morgan fingerprint density at radius 3 is 2.56 bits per heavy atom. The number of amides is 1. The maximum absolute atomic E-state index is 12.3. The Hall–Kier alpha value is -3.03. The average molecular weight is 348 g/mol. The zero-order valence-electron chi connectivity index (χ0n) is 14.5. The van der Waals surface area contributed by atoms with Crippen LogP contribution in [-0.2, 0) is 16.0 Å². The van der Waals surface area contributed by atoms with Crippen molar-refractivity contribution in [2.24, 2.45) is 0 Å². The number of benzene rings is 1. The highest BCUT2D eigenvalue weighted by Crippen LogP contribution is 2.28. The smallest absolute Gasteiger partial charge is 0.345 e. The highest BCUT2D eigenvalue weighted by atomic mass is 16.5. The first-order valence-electron chi connectivity index (χ1n) is 7.64. The van der Waals surface area contributed by atoms with E-state index in [1.807, 2.05) is 0 Å². The third-order valence-corrected chi connectivity index (χ3v) is 3.41. The van der Waals surface area contributed by atoms with Crippen LogP contribution in [0.2, 0.25) is 0 Å². The molecule has 1 N–H and O–H groups in total. The third-order valence-electron chi connectivity index (χ3n) is 3.41. The number of carbonyl (C=O) groups excluding carboxylic acids is 2. The van der Waals surface area contributed by atoms with Gasteiger partial charge in [-0.3, -0.25) is 10.1 Å². The van der Waals surface area contributed by atoms with Crippen LogP contribution < -0.4 is 14.8 Å². The molecule has 2 aromatic rings. The molecule has 1 amide bonds. The summed E-state index contributed by atoms with van der Waals surface area (Å²) in [6.07, 6.45) is 0.0579. The van der Waals surface area contributed by atoms with Gasteiger partial charge in [-0.25, -0.2) is 4.79 Å². The molecule has 8 nitrogen and oxygen atoms in total. The molecule has 1 aromatic heterocycles. The summed E-state index contributed by atoms with van der Waals surface area (Å²) >= 11 is 0. The predicted octanol–water partition coefficient (Wildman–Crippen LogP) is 2.36. The lowest BCUT2D eigenvalue weighted by Gasteiger charge is -2.09. The third kappa shape index (κ3) is 4.28. The summed E-state index contributed by atoms with van der Waals surface area (Å²) in [7, 11) is 3.05. The van der Waals surface area contributed by atoms with Crippen LogP contribution >= 0.6 is 0 Å². The second-order valence-corrected chi connectivity index (χ2v) is 5.11. The minimum absolute atomic E-state index is 0.0265. The van der Waals surface area contributed by atoms with Crippen LogP contribution in [0.3, 0.4) is 0 Å². The number of esters is 1. The Kier molecular flexibility index (Phi) is 5.99. The molecule has 1 heterocycles. The Morgan fingerprint density at radius 2 is 1.92 bits per heavy atom. The highest BCUT2D eigenvalue weighted by molar-refractivity contribution is 6.00. The van der Waals surface area contributed by atoms with Crippen molar-refractivity contribution >= 4 is 17.8 Å². The quantitative estimate of drug-likeness (QED) is 0.767. The zero-order chi connectivity index (χ0) is 18.4. The number of methoxy groups -OCH3 is 2. The number of nitrogens with zero attached hydrogens (tertiary/aromatic N) is 1. The number of nitrogens with one attached hydrogen (secondary N) is 1. The van der Waals surface area contributed by atoms with E-state index in [0.717, 1.165) is 0 Å². The number of rotatable bonds is 7. The SMILES string of the molecule is CCOC(=O)c1c(C)noc1NC(=O)Cc1ccc(OC)c(OC)c1. The van der Waals surface area contributed by atoms with E-state index in [0.29, 0.717) is 22.8 Å². The highest BCUT2D eigenvalue weighted by Gasteiger charge is 2.23. The minimum atomic E-state index is -0.595. The van der Waals surface area contributed by atoms with Crippen molar-refractivity contribution in [1.82, 2.24) is 5.16 Å². The van der Waals surface area contributed by atoms with Gasteiger partial charge in [-0.1, -0.05) is 11.2 Å². The van der Waals surface area contributed by atoms with Gasteiger partial charge in [-0.05, 0) is 31.5 Å². The first-order valence-corrected chi connectivity index (χ1v) is 7.64. The fraction of sp³-hybridized carbons (Fsp3) is 0.353. The van der Waals surface area contributed by atoms with Crippen molar-refractivity contribution in [2.75, 3.05) is 26.1 Å². The summed E-state index contributed by atoms with van der Waals surface area (Å²) in [5.41, 5.74) is 1.17. The van der Waals surface area contributed by atoms with E-state index in [9.17, 15) is 9.59 Å². The zero-order valence-corrected chi connectivity index (χ0v) is 14.5. The first kappa shape index (κ1) is 18.3. The standard InChI is InChI=1S/C17H20N2O6/c1-5-24-17(21)15-10(2)19-25-16(15)18-14(20)9-11-6-7-12(22-3)13(8-11)23-4/h6-8H,5,9H2,1-4H3,(H,18,20). The van der Waals surface area contributed by atoms with E-state index < -0.39 is 5.97 Å². The topological polar surface area (TPSA) is 99.9 Å². The van der Waals surface area contributed by atoms with Crippen LogP contribution in [0.5, 0.6) is 11.5 Å². The lowest BCUT2D eigenvalue weighted by molar-refractivity contribution is -0.115. The van der Waals surface area contributed by atoms with Gasteiger partial charge in [0.1, 0.15) is 5.56 Å². The molecule has 0 radical (unpaired) electrons. The second kappa shape index (κ2) is 8.18. The molecule has 1 aromatic carbocycles. The molecule has 0 atom stereocenters. The molecule has 0 aliphatic heterocycles. The van der Waals surface area contributed by atoms with Crippen molar-refractivity contribution in [3.8, 4) is 11.5 Å². The van der Waals surface area contributed by atoms with Crippen molar-refractivity contribution in [3.63, 3.8) is 0 Å². The molecule has 8 heteroatoms. The van der Waals surface area contributed by atoms with Crippen molar-refractivity contribution in [1.29, 1.82) is 0 Å². The van der Waals surface area contributed by atoms with E-state index in [4.69, 9.17) is 18.7 Å². The average Bonchev–Trinajstić information content (AvgIpc) is 2.95. The molecule has 0 bridgehead atoms. The molecule has 25 heavy (non-hydrogen) atoms. The van der Waals surface area contributed by atoms with E-state index in [2.05, 4.69) is 10.5 Å². The van der Waals surface area contributed by atoms with Crippen molar-refractivity contribution in [3.05, 3.63) is 35.0 Å². The summed E-state index contributed by atoms with van der Waals surface area (Å²) < 4.78 is 20.3. The van der Waals surface area contributed by atoms with Gasteiger partial charge < -0.3 is 18.7 Å². The van der Waals surface area contributed by atoms with E-state index in [1.165, 1.54) is 14.2 Å². The Balaban J connectivity index is 2.12. The first-order chi connectivity index (χ1) is 12.0. The van der Waals surface area contributed by atoms with Crippen LogP contribution in [0.1, 0.15) is 28.5 Å². The fourth-order valence-corrected chi connectivity index (χ4v) is 2.25. The van der Waals surface area contributed by atoms with Crippen molar-refractivity contribution < 1.29 is 28.3 Å². The number of aromatic nitrogens is 1. The van der Waals surface area contributed by atoms with Gasteiger partial charge in [-0.2, -0.15) is 0 Å². The normalized spacial score (nSPS) is 10.2. The van der Waals surface area contributed by atoms with Gasteiger partial charge in [0.25, 0.3) is 0 Å². The number of hydrogen-bond acceptors (Lipinski definition) is 7. The number of carbonyl (C=O) groups is 2. The minimum Gasteiger partial charge on any atom is -0.493 e. The molecule has 0 aliphatic rings. The van der Waals surface area contributed by atoms with Gasteiger partial charge in [-0.15, -0.1) is 0 Å². The van der Waals surface area contributed by atoms with Crippen LogP contribution in [0.15, 0.2) is 22.7 Å². The lowest BCUT2D eigenvalue weighted by atomic mass is 10.1. The van der Waals surface area contributed by atoms with Gasteiger partial charge in [0.15, 0.2) is 11.5 Å². The molecule has 134 valence electrons. The van der Waals surface area contributed by atoms with Crippen LogP contribution in [0.4, 0.5) is 5.88 Å². The summed E-state index contributed by atoms with van der Waals surface area (Å²) in [6, 6.07) is 5.17. The van der Waals surface area contributed by atoms with Gasteiger partial charge >= 0.3 is 5.97 Å². The van der Waals surface area contributed by atoms with E-state index in [-0.39, 0.29) is 30.4 Å². The van der Waals surface area contributed by atoms with Crippen LogP contribution in [-0.4, -0.2) is 37.9 Å². The number of anilines is 1. The second-order valence-electron chi connectivity index (χ2n) is 5.11. The predicted molar refractivity (Wildman–Crippen MR) is 89.1 cm³/mol. The molecule has 0 saturated carbocycles. The summed E-state index contributed by atoms with van der Waals surface area (Å²) in [6.45, 7) is 3.50.